The Balaban J connectivity index is 1.06. The number of ketones is 1. The number of unbranched alkanes of at least 4 members (excludes halogenated alkanes) is 6. The standard InChI is InChI=1S/C34H46O5S/c1-24-11-15-28(16-12-24)40(37,38)39-21-9-7-5-3-4-6-8-10-26-23-34(2)31(19-20-32(34)36)30-17-13-25-22-27(35)14-18-29(25)33(26)30/h11-12,14-16,18,22,26,30-31,33,35H,3-10,13,17,19-21,23H2,1-2H3/t26-,30-,31-,33+,34-/m0/s1. The van der Waals surface area contributed by atoms with Crippen LogP contribution in [0, 0.1) is 30.1 Å². The van der Waals surface area contributed by atoms with E-state index in [1.54, 1.807) is 24.3 Å². The van der Waals surface area contributed by atoms with Crippen molar-refractivity contribution in [1.29, 1.82) is 0 Å². The topological polar surface area (TPSA) is 80.7 Å². The number of carbonyl (C=O) groups is 1. The molecule has 0 radical (unpaired) electrons. The summed E-state index contributed by atoms with van der Waals surface area (Å²) in [5, 5.41) is 10.1. The van der Waals surface area contributed by atoms with E-state index in [-0.39, 0.29) is 16.9 Å². The molecule has 2 saturated carbocycles. The van der Waals surface area contributed by atoms with Crippen molar-refractivity contribution in [2.45, 2.75) is 108 Å². The number of aryl methyl sites for hydroxylation is 2. The van der Waals surface area contributed by atoms with Gasteiger partial charge in [-0.2, -0.15) is 8.42 Å². The number of carbonyl (C=O) groups excluding carboxylic acids is 1. The smallest absolute Gasteiger partial charge is 0.296 e. The lowest BCUT2D eigenvalue weighted by atomic mass is 9.51. The molecule has 3 aliphatic rings. The van der Waals surface area contributed by atoms with Crippen molar-refractivity contribution >= 4 is 15.9 Å². The summed E-state index contributed by atoms with van der Waals surface area (Å²) >= 11 is 0. The maximum atomic E-state index is 13.0. The van der Waals surface area contributed by atoms with Gasteiger partial charge >= 0.3 is 0 Å². The number of hydrogen-bond donors (Lipinski definition) is 1. The predicted molar refractivity (Wildman–Crippen MR) is 158 cm³/mol. The number of fused-ring (bicyclic) bond motifs is 5. The quantitative estimate of drug-likeness (QED) is 0.209. The van der Waals surface area contributed by atoms with Crippen molar-refractivity contribution in [2.75, 3.05) is 6.61 Å². The van der Waals surface area contributed by atoms with Crippen molar-refractivity contribution in [1.82, 2.24) is 0 Å². The molecule has 1 N–H and O–H groups in total. The molecule has 2 aromatic carbocycles. The average molecular weight is 567 g/mol. The van der Waals surface area contributed by atoms with Gasteiger partial charge in [-0.15, -0.1) is 0 Å². The third kappa shape index (κ3) is 6.18. The van der Waals surface area contributed by atoms with Crippen LogP contribution < -0.4 is 0 Å². The molecule has 0 heterocycles. The Morgan fingerprint density at radius 2 is 1.62 bits per heavy atom. The van der Waals surface area contributed by atoms with Crippen LogP contribution in [0.3, 0.4) is 0 Å². The summed E-state index contributed by atoms with van der Waals surface area (Å²) in [5.41, 5.74) is 3.63. The molecule has 0 aliphatic heterocycles. The minimum atomic E-state index is -3.67. The SMILES string of the molecule is Cc1ccc(S(=O)(=O)OCCCCCCCCC[C@H]2C[C@]3(C)C(=O)CC[C@H]3[C@@H]3CCc4cc(O)ccc4[C@@H]23)cc1. The monoisotopic (exact) mass is 566 g/mol. The van der Waals surface area contributed by atoms with Crippen molar-refractivity contribution in [3.63, 3.8) is 0 Å². The maximum absolute atomic E-state index is 13.0. The zero-order valence-electron chi connectivity index (χ0n) is 24.2. The summed E-state index contributed by atoms with van der Waals surface area (Å²) in [4.78, 5) is 13.2. The number of benzene rings is 2. The van der Waals surface area contributed by atoms with E-state index in [1.807, 2.05) is 19.1 Å². The molecule has 218 valence electrons. The van der Waals surface area contributed by atoms with Gasteiger partial charge in [0.15, 0.2) is 0 Å². The van der Waals surface area contributed by atoms with Crippen LogP contribution in [-0.4, -0.2) is 25.9 Å². The fourth-order valence-corrected chi connectivity index (χ4v) is 9.20. The molecular weight excluding hydrogens is 520 g/mol. The first-order chi connectivity index (χ1) is 19.2. The van der Waals surface area contributed by atoms with Crippen molar-refractivity contribution in [3.05, 3.63) is 59.2 Å². The Labute approximate surface area is 240 Å². The molecule has 0 bridgehead atoms. The third-order valence-corrected chi connectivity index (χ3v) is 11.6. The van der Waals surface area contributed by atoms with E-state index in [4.69, 9.17) is 4.18 Å². The Kier molecular flexibility index (Phi) is 9.06. The van der Waals surface area contributed by atoms with Gasteiger partial charge in [0.25, 0.3) is 10.1 Å². The van der Waals surface area contributed by atoms with Gasteiger partial charge in [-0.3, -0.25) is 8.98 Å². The van der Waals surface area contributed by atoms with Gasteiger partial charge < -0.3 is 5.11 Å². The van der Waals surface area contributed by atoms with E-state index in [2.05, 4.69) is 13.0 Å². The first-order valence-electron chi connectivity index (χ1n) is 15.5. The number of rotatable bonds is 12. The van der Waals surface area contributed by atoms with Crippen LogP contribution in [0.1, 0.15) is 107 Å². The largest absolute Gasteiger partial charge is 0.508 e. The van der Waals surface area contributed by atoms with Gasteiger partial charge in [0.05, 0.1) is 11.5 Å². The summed E-state index contributed by atoms with van der Waals surface area (Å²) in [6.07, 6.45) is 13.7. The van der Waals surface area contributed by atoms with E-state index >= 15 is 0 Å². The van der Waals surface area contributed by atoms with Crippen LogP contribution in [0.4, 0.5) is 0 Å². The van der Waals surface area contributed by atoms with Crippen molar-refractivity contribution in [2.24, 2.45) is 23.2 Å². The molecule has 0 aromatic heterocycles. The lowest BCUT2D eigenvalue weighted by Crippen LogP contribution is -2.46. The molecule has 0 saturated heterocycles. The second kappa shape index (κ2) is 12.4. The van der Waals surface area contributed by atoms with E-state index in [1.165, 1.54) is 36.8 Å². The lowest BCUT2D eigenvalue weighted by Gasteiger charge is -2.52. The Morgan fingerprint density at radius 1 is 0.925 bits per heavy atom. The van der Waals surface area contributed by atoms with Gasteiger partial charge in [0, 0.05) is 11.8 Å². The summed E-state index contributed by atoms with van der Waals surface area (Å²) in [7, 11) is -3.67. The van der Waals surface area contributed by atoms with Gasteiger partial charge in [-0.25, -0.2) is 0 Å². The zero-order valence-corrected chi connectivity index (χ0v) is 25.1. The second-order valence-corrected chi connectivity index (χ2v) is 14.5. The minimum absolute atomic E-state index is 0.144. The van der Waals surface area contributed by atoms with Crippen LogP contribution >= 0.6 is 0 Å². The number of aromatic hydroxyl groups is 1. The Hall–Kier alpha value is -2.18. The molecule has 2 fully saturated rings. The summed E-state index contributed by atoms with van der Waals surface area (Å²) in [5.74, 6) is 3.01. The van der Waals surface area contributed by atoms with Gasteiger partial charge in [0.1, 0.15) is 11.5 Å². The predicted octanol–water partition coefficient (Wildman–Crippen LogP) is 7.88. The molecule has 0 spiro atoms. The Bertz CT molecular complexity index is 1280. The van der Waals surface area contributed by atoms with Crippen molar-refractivity contribution < 1.29 is 22.5 Å². The molecule has 3 aliphatic carbocycles. The highest BCUT2D eigenvalue weighted by atomic mass is 32.2. The molecule has 2 aromatic rings. The zero-order chi connectivity index (χ0) is 28.3. The van der Waals surface area contributed by atoms with Gasteiger partial charge in [-0.05, 0) is 105 Å². The average Bonchev–Trinajstić information content (AvgIpc) is 3.23. The first kappa shape index (κ1) is 29.3. The normalized spacial score (nSPS) is 27.7. The highest BCUT2D eigenvalue weighted by Crippen LogP contribution is 2.62. The molecule has 6 heteroatoms. The van der Waals surface area contributed by atoms with Crippen LogP contribution in [-0.2, 0) is 25.5 Å². The number of phenols is 1. The fourth-order valence-electron chi connectivity index (χ4n) is 8.26. The molecular formula is C34H46O5S. The molecule has 0 unspecified atom stereocenters. The van der Waals surface area contributed by atoms with Gasteiger partial charge in [0.2, 0.25) is 0 Å². The number of phenolic OH excluding ortho intramolecular Hbond substituents is 1. The Morgan fingerprint density at radius 3 is 2.38 bits per heavy atom. The molecule has 0 amide bonds. The molecule has 5 atom stereocenters. The van der Waals surface area contributed by atoms with Crippen molar-refractivity contribution in [3.8, 4) is 5.75 Å². The van der Waals surface area contributed by atoms with Gasteiger partial charge in [-0.1, -0.05) is 69.2 Å². The number of Topliss-reactive ketones (excluding diaryl/α,β-unsaturated/α-hetero) is 1. The van der Waals surface area contributed by atoms with Crippen LogP contribution in [0.5, 0.6) is 5.75 Å². The molecule has 40 heavy (non-hydrogen) atoms. The summed E-state index contributed by atoms with van der Waals surface area (Å²) in [6, 6.07) is 12.8. The summed E-state index contributed by atoms with van der Waals surface area (Å²) in [6.45, 7) is 4.43. The highest BCUT2D eigenvalue weighted by Gasteiger charge is 2.57. The summed E-state index contributed by atoms with van der Waals surface area (Å²) < 4.78 is 29.8. The van der Waals surface area contributed by atoms with E-state index in [0.717, 1.165) is 63.4 Å². The van der Waals surface area contributed by atoms with Crippen LogP contribution in [0.25, 0.3) is 0 Å². The third-order valence-electron chi connectivity index (χ3n) is 10.3. The minimum Gasteiger partial charge on any atom is -0.508 e. The van der Waals surface area contributed by atoms with E-state index < -0.39 is 10.1 Å². The number of hydrogen-bond acceptors (Lipinski definition) is 5. The molecule has 5 nitrogen and oxygen atoms in total. The maximum Gasteiger partial charge on any atom is 0.296 e. The lowest BCUT2D eigenvalue weighted by molar-refractivity contribution is -0.131. The van der Waals surface area contributed by atoms with Crippen LogP contribution in [0.15, 0.2) is 47.4 Å². The van der Waals surface area contributed by atoms with E-state index in [0.29, 0.717) is 35.2 Å². The second-order valence-electron chi connectivity index (χ2n) is 12.9. The highest BCUT2D eigenvalue weighted by molar-refractivity contribution is 7.86. The van der Waals surface area contributed by atoms with Crippen LogP contribution in [0.2, 0.25) is 0 Å². The first-order valence-corrected chi connectivity index (χ1v) is 16.9. The fraction of sp³-hybridized carbons (Fsp3) is 0.618. The molecule has 5 rings (SSSR count). The van der Waals surface area contributed by atoms with E-state index in [9.17, 15) is 18.3 Å².